The highest BCUT2D eigenvalue weighted by molar-refractivity contribution is 5.80. The second kappa shape index (κ2) is 8.66. The molecule has 1 N–H and O–H groups in total. The van der Waals surface area contributed by atoms with Crippen molar-refractivity contribution in [2.45, 2.75) is 45.9 Å². The average Bonchev–Trinajstić information content (AvgIpc) is 3.05. The third-order valence-corrected chi connectivity index (χ3v) is 4.50. The maximum Gasteiger partial charge on any atom is 0.261 e. The number of amides is 1. The molecular formula is C22H24N2O4. The molecule has 146 valence electrons. The van der Waals surface area contributed by atoms with Crippen LogP contribution in [0, 0.1) is 11.3 Å². The van der Waals surface area contributed by atoms with Gasteiger partial charge in [-0.3, -0.25) is 4.79 Å². The number of ether oxygens (including phenoxy) is 3. The Labute approximate surface area is 165 Å². The van der Waals surface area contributed by atoms with Gasteiger partial charge in [-0.2, -0.15) is 5.26 Å². The number of nitriles is 1. The molecule has 0 aromatic heterocycles. The molecule has 0 aliphatic carbocycles. The van der Waals surface area contributed by atoms with Crippen LogP contribution in [0.2, 0.25) is 0 Å². The van der Waals surface area contributed by atoms with Crippen molar-refractivity contribution in [2.75, 3.05) is 6.61 Å². The van der Waals surface area contributed by atoms with Gasteiger partial charge >= 0.3 is 0 Å². The summed E-state index contributed by atoms with van der Waals surface area (Å²) in [6.45, 7) is 6.52. The zero-order chi connectivity index (χ0) is 20.1. The molecule has 2 aromatic carbocycles. The molecule has 2 aromatic rings. The lowest BCUT2D eigenvalue weighted by molar-refractivity contribution is -0.127. The van der Waals surface area contributed by atoms with Gasteiger partial charge in [-0.25, -0.2) is 0 Å². The average molecular weight is 380 g/mol. The SMILES string of the molecule is CCOc1cc2c(cc1CNC(=O)[C@H](C)Oc1ccc(C#N)cc1)O[C@@H](C)C2. The minimum atomic E-state index is -0.672. The van der Waals surface area contributed by atoms with E-state index in [9.17, 15) is 4.79 Å². The van der Waals surface area contributed by atoms with E-state index in [1.54, 1.807) is 31.2 Å². The van der Waals surface area contributed by atoms with Crippen molar-refractivity contribution in [3.63, 3.8) is 0 Å². The molecule has 0 saturated carbocycles. The largest absolute Gasteiger partial charge is 0.494 e. The fourth-order valence-corrected chi connectivity index (χ4v) is 3.10. The van der Waals surface area contributed by atoms with Crippen LogP contribution in [-0.4, -0.2) is 24.7 Å². The summed E-state index contributed by atoms with van der Waals surface area (Å²) in [4.78, 5) is 12.4. The number of hydrogen-bond donors (Lipinski definition) is 1. The lowest BCUT2D eigenvalue weighted by Gasteiger charge is -2.16. The van der Waals surface area contributed by atoms with Gasteiger partial charge < -0.3 is 19.5 Å². The molecule has 28 heavy (non-hydrogen) atoms. The number of hydrogen-bond acceptors (Lipinski definition) is 5. The van der Waals surface area contributed by atoms with E-state index in [0.29, 0.717) is 24.5 Å². The van der Waals surface area contributed by atoms with Gasteiger partial charge in [0.2, 0.25) is 0 Å². The van der Waals surface area contributed by atoms with Crippen LogP contribution in [0.4, 0.5) is 0 Å². The van der Waals surface area contributed by atoms with Gasteiger partial charge in [-0.05, 0) is 57.2 Å². The number of nitrogens with one attached hydrogen (secondary N) is 1. The smallest absolute Gasteiger partial charge is 0.261 e. The Kier molecular flexibility index (Phi) is 6.05. The second-order valence-electron chi connectivity index (χ2n) is 6.75. The Hall–Kier alpha value is -3.20. The first kappa shape index (κ1) is 19.6. The van der Waals surface area contributed by atoms with Crippen LogP contribution in [0.3, 0.4) is 0 Å². The van der Waals surface area contributed by atoms with E-state index >= 15 is 0 Å². The van der Waals surface area contributed by atoms with Crippen molar-refractivity contribution in [2.24, 2.45) is 0 Å². The monoisotopic (exact) mass is 380 g/mol. The predicted molar refractivity (Wildman–Crippen MR) is 104 cm³/mol. The van der Waals surface area contributed by atoms with Crippen LogP contribution in [0.15, 0.2) is 36.4 Å². The summed E-state index contributed by atoms with van der Waals surface area (Å²) in [6.07, 6.45) is 0.335. The van der Waals surface area contributed by atoms with E-state index in [-0.39, 0.29) is 12.0 Å². The summed E-state index contributed by atoms with van der Waals surface area (Å²) in [6, 6.07) is 12.6. The highest BCUT2D eigenvalue weighted by atomic mass is 16.5. The minimum absolute atomic E-state index is 0.148. The van der Waals surface area contributed by atoms with Crippen LogP contribution >= 0.6 is 0 Å². The highest BCUT2D eigenvalue weighted by Crippen LogP contribution is 2.35. The first-order chi connectivity index (χ1) is 13.5. The molecule has 1 heterocycles. The summed E-state index contributed by atoms with van der Waals surface area (Å²) < 4.78 is 17.2. The molecular weight excluding hydrogens is 356 g/mol. The van der Waals surface area contributed by atoms with Crippen molar-refractivity contribution in [3.8, 4) is 23.3 Å². The van der Waals surface area contributed by atoms with Crippen LogP contribution in [0.1, 0.15) is 37.5 Å². The summed E-state index contributed by atoms with van der Waals surface area (Å²) in [7, 11) is 0. The number of fused-ring (bicyclic) bond motifs is 1. The lowest BCUT2D eigenvalue weighted by Crippen LogP contribution is -2.36. The number of benzene rings is 2. The summed E-state index contributed by atoms with van der Waals surface area (Å²) in [5.74, 6) is 1.92. The van der Waals surface area contributed by atoms with Crippen LogP contribution in [-0.2, 0) is 17.8 Å². The topological polar surface area (TPSA) is 80.6 Å². The van der Waals surface area contributed by atoms with Gasteiger partial charge in [0, 0.05) is 24.1 Å². The standard InChI is InChI=1S/C22H24N2O4/c1-4-26-20-10-17-9-14(2)27-21(17)11-18(20)13-24-22(25)15(3)28-19-7-5-16(12-23)6-8-19/h5-8,10-11,14-15H,4,9,13H2,1-3H3,(H,24,25)/t14-,15-/m0/s1. The van der Waals surface area contributed by atoms with E-state index in [4.69, 9.17) is 19.5 Å². The summed E-state index contributed by atoms with van der Waals surface area (Å²) in [5, 5.41) is 11.7. The van der Waals surface area contributed by atoms with Crippen molar-refractivity contribution < 1.29 is 19.0 Å². The fraction of sp³-hybridized carbons (Fsp3) is 0.364. The third-order valence-electron chi connectivity index (χ3n) is 4.50. The quantitative estimate of drug-likeness (QED) is 0.797. The van der Waals surface area contributed by atoms with Gasteiger partial charge in [0.05, 0.1) is 18.2 Å². The fourth-order valence-electron chi connectivity index (χ4n) is 3.10. The number of nitrogens with zero attached hydrogens (tertiary/aromatic N) is 1. The molecule has 3 rings (SSSR count). The van der Waals surface area contributed by atoms with Crippen molar-refractivity contribution in [1.29, 1.82) is 5.26 Å². The zero-order valence-electron chi connectivity index (χ0n) is 16.3. The first-order valence-electron chi connectivity index (χ1n) is 9.40. The van der Waals surface area contributed by atoms with E-state index in [0.717, 1.165) is 29.0 Å². The van der Waals surface area contributed by atoms with Crippen LogP contribution in [0.25, 0.3) is 0 Å². The van der Waals surface area contributed by atoms with Gasteiger partial charge in [0.1, 0.15) is 23.4 Å². The van der Waals surface area contributed by atoms with Gasteiger partial charge in [-0.15, -0.1) is 0 Å². The molecule has 1 aliphatic heterocycles. The lowest BCUT2D eigenvalue weighted by atomic mass is 10.1. The molecule has 0 fully saturated rings. The van der Waals surface area contributed by atoms with Crippen molar-refractivity contribution in [1.82, 2.24) is 5.32 Å². The Morgan fingerprint density at radius 1 is 1.36 bits per heavy atom. The van der Waals surface area contributed by atoms with Crippen molar-refractivity contribution in [3.05, 3.63) is 53.1 Å². The van der Waals surface area contributed by atoms with Crippen LogP contribution in [0.5, 0.6) is 17.2 Å². The van der Waals surface area contributed by atoms with E-state index < -0.39 is 6.10 Å². The Bertz CT molecular complexity index is 887. The van der Waals surface area contributed by atoms with Gasteiger partial charge in [0.15, 0.2) is 6.10 Å². The highest BCUT2D eigenvalue weighted by Gasteiger charge is 2.22. The van der Waals surface area contributed by atoms with E-state index in [1.807, 2.05) is 32.0 Å². The third kappa shape index (κ3) is 4.55. The van der Waals surface area contributed by atoms with E-state index in [2.05, 4.69) is 5.32 Å². The Balaban J connectivity index is 1.63. The van der Waals surface area contributed by atoms with Crippen molar-refractivity contribution >= 4 is 5.91 Å². The summed E-state index contributed by atoms with van der Waals surface area (Å²) >= 11 is 0. The molecule has 0 spiro atoms. The van der Waals surface area contributed by atoms with Gasteiger partial charge in [-0.1, -0.05) is 0 Å². The van der Waals surface area contributed by atoms with Crippen LogP contribution < -0.4 is 19.5 Å². The zero-order valence-corrected chi connectivity index (χ0v) is 16.3. The molecule has 2 atom stereocenters. The maximum atomic E-state index is 12.4. The van der Waals surface area contributed by atoms with E-state index in [1.165, 1.54) is 0 Å². The normalized spacial score (nSPS) is 15.7. The molecule has 6 heteroatoms. The molecule has 0 radical (unpaired) electrons. The number of carbonyl (C=O) groups is 1. The maximum absolute atomic E-state index is 12.4. The number of carbonyl (C=O) groups excluding carboxylic acids is 1. The molecule has 0 unspecified atom stereocenters. The molecule has 0 bridgehead atoms. The van der Waals surface area contributed by atoms with Gasteiger partial charge in [0.25, 0.3) is 5.91 Å². The first-order valence-corrected chi connectivity index (χ1v) is 9.40. The Morgan fingerprint density at radius 3 is 2.79 bits per heavy atom. The Morgan fingerprint density at radius 2 is 2.11 bits per heavy atom. The molecule has 1 amide bonds. The number of rotatable bonds is 7. The summed E-state index contributed by atoms with van der Waals surface area (Å²) in [5.41, 5.74) is 2.54. The second-order valence-corrected chi connectivity index (χ2v) is 6.75. The molecule has 0 saturated heterocycles. The molecule has 1 aliphatic rings. The minimum Gasteiger partial charge on any atom is -0.494 e. The molecule has 6 nitrogen and oxygen atoms in total. The predicted octanol–water partition coefficient (Wildman–Crippen LogP) is 3.36.